The van der Waals surface area contributed by atoms with Gasteiger partial charge in [-0.3, -0.25) is 4.79 Å². The molecule has 2 aromatic heterocycles. The lowest BCUT2D eigenvalue weighted by molar-refractivity contribution is -0.122. The highest BCUT2D eigenvalue weighted by molar-refractivity contribution is 7.17. The smallest absolute Gasteiger partial charge is 0.355 e. The third-order valence-electron chi connectivity index (χ3n) is 4.69. The Bertz CT molecular complexity index is 726. The lowest BCUT2D eigenvalue weighted by atomic mass is 9.87. The van der Waals surface area contributed by atoms with Gasteiger partial charge >= 0.3 is 5.97 Å². The van der Waals surface area contributed by atoms with Crippen LogP contribution in [0.1, 0.15) is 50.0 Å². The highest BCUT2D eigenvalue weighted by Crippen LogP contribution is 2.26. The van der Waals surface area contributed by atoms with Crippen LogP contribution in [0.4, 0.5) is 0 Å². The summed E-state index contributed by atoms with van der Waals surface area (Å²) in [5, 5.41) is 5.09. The van der Waals surface area contributed by atoms with Gasteiger partial charge in [0, 0.05) is 6.04 Å². The summed E-state index contributed by atoms with van der Waals surface area (Å²) in [6.07, 6.45) is 4.41. The van der Waals surface area contributed by atoms with Gasteiger partial charge in [0.05, 0.1) is 16.8 Å². The highest BCUT2D eigenvalue weighted by atomic mass is 32.1. The number of rotatable bonds is 5. The van der Waals surface area contributed by atoms with Gasteiger partial charge in [-0.2, -0.15) is 0 Å². The second kappa shape index (κ2) is 7.38. The van der Waals surface area contributed by atoms with Crippen molar-refractivity contribution < 1.29 is 14.3 Å². The van der Waals surface area contributed by atoms with Gasteiger partial charge in [-0.15, -0.1) is 11.3 Å². The van der Waals surface area contributed by atoms with Gasteiger partial charge in [0.2, 0.25) is 5.91 Å². The second-order valence-corrected chi connectivity index (χ2v) is 7.48. The Hall–Kier alpha value is -1.82. The molecule has 2 heterocycles. The van der Waals surface area contributed by atoms with Crippen LogP contribution in [0.15, 0.2) is 17.5 Å². The average molecular weight is 348 g/mol. The molecule has 130 valence electrons. The SMILES string of the molecule is CCOC(=O)c1cc2sccc2n1CC(=O)NC1CCC(C)CC1. The van der Waals surface area contributed by atoms with Crippen molar-refractivity contribution in [2.75, 3.05) is 6.61 Å². The van der Waals surface area contributed by atoms with E-state index in [0.29, 0.717) is 12.3 Å². The molecule has 1 aliphatic rings. The fraction of sp³-hybridized carbons (Fsp3) is 0.556. The van der Waals surface area contributed by atoms with E-state index < -0.39 is 0 Å². The van der Waals surface area contributed by atoms with Gasteiger partial charge in [-0.1, -0.05) is 6.92 Å². The van der Waals surface area contributed by atoms with E-state index in [1.54, 1.807) is 22.8 Å². The van der Waals surface area contributed by atoms with Gasteiger partial charge in [0.15, 0.2) is 0 Å². The number of hydrogen-bond donors (Lipinski definition) is 1. The highest BCUT2D eigenvalue weighted by Gasteiger charge is 2.22. The van der Waals surface area contributed by atoms with Crippen LogP contribution in [0.2, 0.25) is 0 Å². The van der Waals surface area contributed by atoms with Crippen molar-refractivity contribution in [3.05, 3.63) is 23.2 Å². The first kappa shape index (κ1) is 17.0. The molecule has 1 aliphatic carbocycles. The molecule has 2 aromatic rings. The second-order valence-electron chi connectivity index (χ2n) is 6.53. The topological polar surface area (TPSA) is 60.3 Å². The Morgan fingerprint density at radius 1 is 1.33 bits per heavy atom. The minimum absolute atomic E-state index is 0.0381. The van der Waals surface area contributed by atoms with Crippen molar-refractivity contribution in [1.29, 1.82) is 0 Å². The van der Waals surface area contributed by atoms with Crippen molar-refractivity contribution >= 4 is 33.4 Å². The maximum atomic E-state index is 12.5. The molecule has 0 saturated heterocycles. The van der Waals surface area contributed by atoms with E-state index in [1.807, 2.05) is 17.5 Å². The number of esters is 1. The van der Waals surface area contributed by atoms with E-state index >= 15 is 0 Å². The van der Waals surface area contributed by atoms with Crippen LogP contribution in [0.25, 0.3) is 10.2 Å². The molecule has 1 amide bonds. The molecule has 0 unspecified atom stereocenters. The van der Waals surface area contributed by atoms with E-state index in [4.69, 9.17) is 4.74 Å². The predicted molar refractivity (Wildman–Crippen MR) is 95.3 cm³/mol. The number of nitrogens with zero attached hydrogens (tertiary/aromatic N) is 1. The molecule has 5 nitrogen and oxygen atoms in total. The Morgan fingerprint density at radius 3 is 2.79 bits per heavy atom. The van der Waals surface area contributed by atoms with Crippen LogP contribution in [-0.4, -0.2) is 29.1 Å². The molecule has 0 spiro atoms. The molecule has 3 rings (SSSR count). The standard InChI is InChI=1S/C18H24N2O3S/c1-3-23-18(22)15-10-16-14(8-9-24-16)20(15)11-17(21)19-13-6-4-12(2)5-7-13/h8-10,12-13H,3-7,11H2,1-2H3,(H,19,21). The van der Waals surface area contributed by atoms with Crippen molar-refractivity contribution in [1.82, 2.24) is 9.88 Å². The van der Waals surface area contributed by atoms with E-state index in [-0.39, 0.29) is 24.5 Å². The monoisotopic (exact) mass is 348 g/mol. The molecule has 6 heteroatoms. The van der Waals surface area contributed by atoms with Crippen LogP contribution in [0.5, 0.6) is 0 Å². The molecule has 1 fully saturated rings. The van der Waals surface area contributed by atoms with Crippen molar-refractivity contribution in [3.63, 3.8) is 0 Å². The fourth-order valence-corrected chi connectivity index (χ4v) is 4.17. The molecular weight excluding hydrogens is 324 g/mol. The summed E-state index contributed by atoms with van der Waals surface area (Å²) < 4.78 is 7.89. The van der Waals surface area contributed by atoms with E-state index in [2.05, 4.69) is 12.2 Å². The fourth-order valence-electron chi connectivity index (χ4n) is 3.34. The quantitative estimate of drug-likeness (QED) is 0.840. The van der Waals surface area contributed by atoms with Crippen molar-refractivity contribution in [2.45, 2.75) is 52.1 Å². The molecule has 24 heavy (non-hydrogen) atoms. The van der Waals surface area contributed by atoms with Crippen molar-refractivity contribution in [3.8, 4) is 0 Å². The Balaban J connectivity index is 1.73. The van der Waals surface area contributed by atoms with Crippen LogP contribution in [0.3, 0.4) is 0 Å². The molecule has 1 N–H and O–H groups in total. The van der Waals surface area contributed by atoms with Gasteiger partial charge in [-0.05, 0) is 56.0 Å². The third kappa shape index (κ3) is 3.64. The summed E-state index contributed by atoms with van der Waals surface area (Å²) in [4.78, 5) is 24.6. The molecule has 0 aliphatic heterocycles. The Labute approximate surface area is 146 Å². The van der Waals surface area contributed by atoms with Crippen LogP contribution < -0.4 is 5.32 Å². The molecule has 0 bridgehead atoms. The number of nitrogens with one attached hydrogen (secondary N) is 1. The van der Waals surface area contributed by atoms with Gasteiger partial charge in [0.1, 0.15) is 12.2 Å². The average Bonchev–Trinajstić information content (AvgIpc) is 3.12. The number of ether oxygens (including phenoxy) is 1. The maximum absolute atomic E-state index is 12.5. The molecule has 0 radical (unpaired) electrons. The number of amides is 1. The number of aromatic nitrogens is 1. The Kier molecular flexibility index (Phi) is 5.23. The van der Waals surface area contributed by atoms with Crippen LogP contribution in [-0.2, 0) is 16.1 Å². The zero-order valence-corrected chi connectivity index (χ0v) is 15.0. The zero-order chi connectivity index (χ0) is 17.1. The third-order valence-corrected chi connectivity index (χ3v) is 5.54. The summed E-state index contributed by atoms with van der Waals surface area (Å²) in [5.41, 5.74) is 1.36. The molecule has 1 saturated carbocycles. The Morgan fingerprint density at radius 2 is 2.08 bits per heavy atom. The number of carbonyl (C=O) groups is 2. The number of thiophene rings is 1. The maximum Gasteiger partial charge on any atom is 0.355 e. The van der Waals surface area contributed by atoms with Crippen LogP contribution >= 0.6 is 11.3 Å². The normalized spacial score (nSPS) is 20.9. The van der Waals surface area contributed by atoms with E-state index in [1.165, 1.54) is 0 Å². The lowest BCUT2D eigenvalue weighted by Crippen LogP contribution is -2.39. The molecular formula is C18H24N2O3S. The van der Waals surface area contributed by atoms with Crippen LogP contribution in [0, 0.1) is 5.92 Å². The summed E-state index contributed by atoms with van der Waals surface area (Å²) in [5.74, 6) is 0.340. The number of hydrogen-bond acceptors (Lipinski definition) is 4. The first-order valence-electron chi connectivity index (χ1n) is 8.61. The summed E-state index contributed by atoms with van der Waals surface area (Å²) in [6.45, 7) is 4.52. The van der Waals surface area contributed by atoms with E-state index in [9.17, 15) is 9.59 Å². The predicted octanol–water partition coefficient (Wildman–Crippen LogP) is 3.57. The van der Waals surface area contributed by atoms with Gasteiger partial charge in [-0.25, -0.2) is 4.79 Å². The minimum atomic E-state index is -0.375. The number of fused-ring (bicyclic) bond motifs is 1. The van der Waals surface area contributed by atoms with E-state index in [0.717, 1.165) is 41.8 Å². The first-order chi connectivity index (χ1) is 11.6. The molecule has 0 atom stereocenters. The lowest BCUT2D eigenvalue weighted by Gasteiger charge is -2.27. The minimum Gasteiger partial charge on any atom is -0.461 e. The summed E-state index contributed by atoms with van der Waals surface area (Å²) >= 11 is 1.56. The van der Waals surface area contributed by atoms with Crippen molar-refractivity contribution in [2.24, 2.45) is 5.92 Å². The summed E-state index contributed by atoms with van der Waals surface area (Å²) in [7, 11) is 0. The summed E-state index contributed by atoms with van der Waals surface area (Å²) in [6, 6.07) is 4.01. The zero-order valence-electron chi connectivity index (χ0n) is 14.2. The van der Waals surface area contributed by atoms with Gasteiger partial charge in [0.25, 0.3) is 0 Å². The largest absolute Gasteiger partial charge is 0.461 e. The molecule has 0 aromatic carbocycles. The van der Waals surface area contributed by atoms with Gasteiger partial charge < -0.3 is 14.6 Å². The number of carbonyl (C=O) groups excluding carboxylic acids is 2. The first-order valence-corrected chi connectivity index (χ1v) is 9.49.